The lowest BCUT2D eigenvalue weighted by Gasteiger charge is -2.26. The molecular weight excluding hydrogens is 303 g/mol. The predicted molar refractivity (Wildman–Crippen MR) is 79.4 cm³/mol. The monoisotopic (exact) mass is 322 g/mol. The number of imide groups is 1. The molecule has 0 bridgehead atoms. The molecule has 0 aliphatic carbocycles. The van der Waals surface area contributed by atoms with Gasteiger partial charge in [-0.25, -0.2) is 9.18 Å². The lowest BCUT2D eigenvalue weighted by molar-refractivity contribution is -0.129. The summed E-state index contributed by atoms with van der Waals surface area (Å²) >= 11 is 0. The van der Waals surface area contributed by atoms with Gasteiger partial charge in [0.1, 0.15) is 30.3 Å². The van der Waals surface area contributed by atoms with Crippen molar-refractivity contribution in [2.24, 2.45) is 0 Å². The molecule has 0 spiro atoms. The van der Waals surface area contributed by atoms with Crippen LogP contribution in [0.4, 0.5) is 9.18 Å². The van der Waals surface area contributed by atoms with Gasteiger partial charge in [-0.1, -0.05) is 0 Å². The zero-order valence-electron chi connectivity index (χ0n) is 12.7. The number of rotatable bonds is 5. The first-order valence-electron chi connectivity index (χ1n) is 7.74. The van der Waals surface area contributed by atoms with Crippen molar-refractivity contribution in [2.45, 2.75) is 31.4 Å². The number of aliphatic hydroxyl groups excluding tert-OH is 1. The van der Waals surface area contributed by atoms with Crippen LogP contribution >= 0.6 is 0 Å². The lowest BCUT2D eigenvalue weighted by atomic mass is 10.0. The van der Waals surface area contributed by atoms with E-state index in [2.05, 4.69) is 0 Å². The second kappa shape index (κ2) is 6.54. The van der Waals surface area contributed by atoms with Crippen LogP contribution in [0.15, 0.2) is 24.3 Å². The summed E-state index contributed by atoms with van der Waals surface area (Å²) in [7, 11) is 0. The molecule has 23 heavy (non-hydrogen) atoms. The Labute approximate surface area is 133 Å². The number of piperidine rings is 1. The maximum atomic E-state index is 12.8. The van der Waals surface area contributed by atoms with Gasteiger partial charge in [-0.15, -0.1) is 0 Å². The van der Waals surface area contributed by atoms with Gasteiger partial charge in [-0.2, -0.15) is 0 Å². The van der Waals surface area contributed by atoms with Crippen LogP contribution in [0.1, 0.15) is 19.3 Å². The highest BCUT2D eigenvalue weighted by Gasteiger charge is 2.46. The molecule has 1 aromatic carbocycles. The number of hydrogen-bond donors (Lipinski definition) is 1. The Kier molecular flexibility index (Phi) is 4.47. The fraction of sp³-hybridized carbons (Fsp3) is 0.500. The molecule has 2 aliphatic heterocycles. The fourth-order valence-corrected chi connectivity index (χ4v) is 3.00. The zero-order valence-corrected chi connectivity index (χ0v) is 12.7. The van der Waals surface area contributed by atoms with E-state index in [1.54, 1.807) is 4.90 Å². The van der Waals surface area contributed by atoms with Crippen molar-refractivity contribution >= 4 is 11.9 Å². The molecule has 0 aromatic heterocycles. The smallest absolute Gasteiger partial charge is 0.327 e. The van der Waals surface area contributed by atoms with Gasteiger partial charge in [0, 0.05) is 6.54 Å². The Morgan fingerprint density at radius 3 is 2.70 bits per heavy atom. The number of urea groups is 1. The molecule has 3 rings (SSSR count). The largest absolute Gasteiger partial charge is 0.491 e. The number of carbonyl (C=O) groups excluding carboxylic acids is 2. The number of benzene rings is 1. The number of β-amino-alcohol motifs (C(OH)–C–C–N with tert-alkyl or cyclic N) is 1. The van der Waals surface area contributed by atoms with E-state index >= 15 is 0 Å². The molecule has 1 aromatic rings. The SMILES string of the molecule is O=C1[C@@H]2CCCCN2C(=O)N1C[C@@H](O)COc1ccc(F)cc1. The van der Waals surface area contributed by atoms with Gasteiger partial charge in [-0.3, -0.25) is 9.69 Å². The number of aliphatic hydroxyl groups is 1. The first-order chi connectivity index (χ1) is 11.1. The van der Waals surface area contributed by atoms with E-state index in [1.165, 1.54) is 24.3 Å². The number of hydrogen-bond acceptors (Lipinski definition) is 4. The minimum Gasteiger partial charge on any atom is -0.491 e. The van der Waals surface area contributed by atoms with E-state index in [9.17, 15) is 19.1 Å². The van der Waals surface area contributed by atoms with Crippen LogP contribution in [0, 0.1) is 5.82 Å². The van der Waals surface area contributed by atoms with E-state index < -0.39 is 6.10 Å². The summed E-state index contributed by atoms with van der Waals surface area (Å²) < 4.78 is 18.1. The summed E-state index contributed by atoms with van der Waals surface area (Å²) in [6.45, 7) is 0.424. The summed E-state index contributed by atoms with van der Waals surface area (Å²) in [5.74, 6) is -0.194. The maximum Gasteiger partial charge on any atom is 0.327 e. The number of halogens is 1. The van der Waals surface area contributed by atoms with Crippen LogP contribution in [0.5, 0.6) is 5.75 Å². The van der Waals surface area contributed by atoms with Crippen LogP contribution < -0.4 is 4.74 Å². The lowest BCUT2D eigenvalue weighted by Crippen LogP contribution is -2.40. The topological polar surface area (TPSA) is 70.1 Å². The molecule has 0 radical (unpaired) electrons. The Morgan fingerprint density at radius 2 is 2.00 bits per heavy atom. The third-order valence-electron chi connectivity index (χ3n) is 4.18. The minimum absolute atomic E-state index is 0.0760. The quantitative estimate of drug-likeness (QED) is 0.832. The predicted octanol–water partition coefficient (Wildman–Crippen LogP) is 1.38. The van der Waals surface area contributed by atoms with Crippen molar-refractivity contribution in [2.75, 3.05) is 19.7 Å². The Balaban J connectivity index is 1.55. The normalized spacial score (nSPS) is 22.3. The van der Waals surface area contributed by atoms with E-state index in [1.807, 2.05) is 0 Å². The molecule has 0 saturated carbocycles. The highest BCUT2D eigenvalue weighted by atomic mass is 19.1. The van der Waals surface area contributed by atoms with Gasteiger partial charge in [0.2, 0.25) is 0 Å². The van der Waals surface area contributed by atoms with Gasteiger partial charge in [-0.05, 0) is 43.5 Å². The molecule has 2 heterocycles. The van der Waals surface area contributed by atoms with Gasteiger partial charge in [0.15, 0.2) is 0 Å². The molecule has 124 valence electrons. The molecule has 2 aliphatic rings. The number of ether oxygens (including phenoxy) is 1. The zero-order chi connectivity index (χ0) is 16.4. The first-order valence-corrected chi connectivity index (χ1v) is 7.74. The van der Waals surface area contributed by atoms with E-state index in [0.29, 0.717) is 18.7 Å². The molecule has 2 atom stereocenters. The molecule has 0 unspecified atom stereocenters. The maximum absolute atomic E-state index is 12.8. The van der Waals surface area contributed by atoms with Crippen LogP contribution in [0.2, 0.25) is 0 Å². The van der Waals surface area contributed by atoms with Crippen molar-refractivity contribution in [3.63, 3.8) is 0 Å². The average molecular weight is 322 g/mol. The fourth-order valence-electron chi connectivity index (χ4n) is 3.00. The van der Waals surface area contributed by atoms with Crippen molar-refractivity contribution in [1.29, 1.82) is 0 Å². The van der Waals surface area contributed by atoms with Crippen LogP contribution in [-0.4, -0.2) is 58.7 Å². The highest BCUT2D eigenvalue weighted by Crippen LogP contribution is 2.26. The molecular formula is C16H19FN2O4. The minimum atomic E-state index is -0.991. The average Bonchev–Trinajstić information content (AvgIpc) is 2.80. The molecule has 2 saturated heterocycles. The standard InChI is InChI=1S/C16H19FN2O4/c17-11-4-6-13(7-5-11)23-10-12(20)9-19-15(21)14-3-1-2-8-18(14)16(19)22/h4-7,12,14,20H,1-3,8-10H2/t12-,14+/m1/s1. The number of amides is 3. The summed E-state index contributed by atoms with van der Waals surface area (Å²) in [6.07, 6.45) is 1.53. The second-order valence-electron chi connectivity index (χ2n) is 5.86. The summed E-state index contributed by atoms with van der Waals surface area (Å²) in [5, 5.41) is 10.0. The van der Waals surface area contributed by atoms with Gasteiger partial charge in [0.05, 0.1) is 6.54 Å². The van der Waals surface area contributed by atoms with Gasteiger partial charge in [0.25, 0.3) is 5.91 Å². The van der Waals surface area contributed by atoms with Crippen molar-refractivity contribution in [3.8, 4) is 5.75 Å². The second-order valence-corrected chi connectivity index (χ2v) is 5.86. The Hall–Kier alpha value is -2.15. The number of fused-ring (bicyclic) bond motifs is 1. The number of nitrogens with zero attached hydrogens (tertiary/aromatic N) is 2. The third kappa shape index (κ3) is 3.29. The molecule has 6 nitrogen and oxygen atoms in total. The van der Waals surface area contributed by atoms with Crippen LogP contribution in [-0.2, 0) is 4.79 Å². The Morgan fingerprint density at radius 1 is 1.26 bits per heavy atom. The summed E-state index contributed by atoms with van der Waals surface area (Å²) in [5.41, 5.74) is 0. The number of carbonyl (C=O) groups is 2. The summed E-state index contributed by atoms with van der Waals surface area (Å²) in [4.78, 5) is 27.2. The van der Waals surface area contributed by atoms with Gasteiger partial charge < -0.3 is 14.7 Å². The van der Waals surface area contributed by atoms with Crippen LogP contribution in [0.25, 0.3) is 0 Å². The van der Waals surface area contributed by atoms with Crippen molar-refractivity contribution in [1.82, 2.24) is 9.80 Å². The molecule has 3 amide bonds. The molecule has 7 heteroatoms. The highest BCUT2D eigenvalue weighted by molar-refractivity contribution is 6.04. The summed E-state index contributed by atoms with van der Waals surface area (Å²) in [6, 6.07) is 4.71. The molecule has 1 N–H and O–H groups in total. The van der Waals surface area contributed by atoms with E-state index in [4.69, 9.17) is 4.74 Å². The van der Waals surface area contributed by atoms with Gasteiger partial charge >= 0.3 is 6.03 Å². The van der Waals surface area contributed by atoms with E-state index in [0.717, 1.165) is 17.7 Å². The third-order valence-corrected chi connectivity index (χ3v) is 4.18. The molecule has 2 fully saturated rings. The van der Waals surface area contributed by atoms with E-state index in [-0.39, 0.29) is 36.9 Å². The van der Waals surface area contributed by atoms with Crippen molar-refractivity contribution < 1.29 is 23.8 Å². The van der Waals surface area contributed by atoms with Crippen molar-refractivity contribution in [3.05, 3.63) is 30.1 Å². The Bertz CT molecular complexity index is 568. The first kappa shape index (κ1) is 15.7. The van der Waals surface area contributed by atoms with Crippen LogP contribution in [0.3, 0.4) is 0 Å².